The third-order valence-corrected chi connectivity index (χ3v) is 6.36. The summed E-state index contributed by atoms with van der Waals surface area (Å²) in [5, 5.41) is 1.23. The van der Waals surface area contributed by atoms with E-state index in [4.69, 9.17) is 12.2 Å². The van der Waals surface area contributed by atoms with Gasteiger partial charge in [0, 0.05) is 23.0 Å². The number of carbonyl (C=O) groups excluding carboxylic acids is 1. The molecule has 2 aromatic carbocycles. The summed E-state index contributed by atoms with van der Waals surface area (Å²) in [5.74, 6) is -0.0201. The van der Waals surface area contributed by atoms with Crippen molar-refractivity contribution in [1.82, 2.24) is 9.88 Å². The first kappa shape index (κ1) is 15.8. The van der Waals surface area contributed by atoms with Crippen LogP contribution in [0.1, 0.15) is 35.2 Å². The molecule has 2 atom stereocenters. The second kappa shape index (κ2) is 5.78. The molecular weight excluding hydrogens is 340 g/mol. The molecule has 130 valence electrons. The fourth-order valence-electron chi connectivity index (χ4n) is 4.60. The number of aromatic amines is 1. The molecule has 2 aliphatic heterocycles. The van der Waals surface area contributed by atoms with E-state index in [1.54, 1.807) is 0 Å². The number of rotatable bonds is 2. The summed E-state index contributed by atoms with van der Waals surface area (Å²) in [6.45, 7) is 2.83. The summed E-state index contributed by atoms with van der Waals surface area (Å²) in [6, 6.07) is 16.4. The average molecular weight is 360 g/mol. The maximum atomic E-state index is 13.3. The van der Waals surface area contributed by atoms with Gasteiger partial charge in [0.1, 0.15) is 0 Å². The third-order valence-electron chi connectivity index (χ3n) is 5.89. The molecule has 1 saturated heterocycles. The first-order chi connectivity index (χ1) is 12.7. The van der Waals surface area contributed by atoms with Crippen LogP contribution in [0, 0.1) is 0 Å². The highest BCUT2D eigenvalue weighted by atomic mass is 32.1. The lowest BCUT2D eigenvalue weighted by Gasteiger charge is -2.30. The molecule has 0 unspecified atom stereocenters. The molecule has 1 fully saturated rings. The molecular formula is C22H20N2OS. The summed E-state index contributed by atoms with van der Waals surface area (Å²) in [7, 11) is 0. The Hall–Kier alpha value is -2.46. The zero-order chi connectivity index (χ0) is 17.8. The van der Waals surface area contributed by atoms with Crippen molar-refractivity contribution in [3.63, 3.8) is 0 Å². The van der Waals surface area contributed by atoms with Crippen LogP contribution in [0.3, 0.4) is 0 Å². The number of aromatic nitrogens is 1. The standard InChI is InChI=1S/C22H20N2OS/c1-2-13-7-3-4-8-14(13)20-21(25)19-11-16-15-9-5-6-10-17(15)23-18(16)12-24(19)22(20)26/h3-10,19-20,23H,2,11-12H2,1H3/t19-,20-/m1/s1. The molecule has 0 aliphatic carbocycles. The minimum atomic E-state index is -0.276. The maximum Gasteiger partial charge on any atom is 0.169 e. The number of hydrogen-bond donors (Lipinski definition) is 1. The van der Waals surface area contributed by atoms with Crippen molar-refractivity contribution in [2.24, 2.45) is 0 Å². The number of thiocarbonyl (C=S) groups is 1. The topological polar surface area (TPSA) is 36.1 Å². The molecule has 1 aromatic heterocycles. The molecule has 1 N–H and O–H groups in total. The van der Waals surface area contributed by atoms with Gasteiger partial charge in [-0.15, -0.1) is 0 Å². The van der Waals surface area contributed by atoms with E-state index in [-0.39, 0.29) is 17.7 Å². The number of H-pyrrole nitrogens is 1. The van der Waals surface area contributed by atoms with Crippen LogP contribution in [0.4, 0.5) is 0 Å². The highest BCUT2D eigenvalue weighted by Gasteiger charge is 2.48. The van der Waals surface area contributed by atoms with Crippen LogP contribution in [0.15, 0.2) is 48.5 Å². The summed E-state index contributed by atoms with van der Waals surface area (Å²) >= 11 is 5.81. The van der Waals surface area contributed by atoms with Crippen molar-refractivity contribution in [3.05, 3.63) is 70.9 Å². The van der Waals surface area contributed by atoms with Crippen molar-refractivity contribution in [1.29, 1.82) is 0 Å². The first-order valence-corrected chi connectivity index (χ1v) is 9.60. The summed E-state index contributed by atoms with van der Waals surface area (Å²) in [6.07, 6.45) is 1.65. The molecule has 0 radical (unpaired) electrons. The number of aryl methyl sites for hydroxylation is 1. The van der Waals surface area contributed by atoms with Gasteiger partial charge in [-0.25, -0.2) is 0 Å². The number of nitrogens with zero attached hydrogens (tertiary/aromatic N) is 1. The molecule has 0 bridgehead atoms. The summed E-state index contributed by atoms with van der Waals surface area (Å²) in [4.78, 5) is 19.8. The van der Waals surface area contributed by atoms with E-state index in [1.165, 1.54) is 22.2 Å². The Morgan fingerprint density at radius 3 is 2.77 bits per heavy atom. The second-order valence-electron chi connectivity index (χ2n) is 7.20. The van der Waals surface area contributed by atoms with Gasteiger partial charge in [0.2, 0.25) is 0 Å². The van der Waals surface area contributed by atoms with Crippen molar-refractivity contribution in [2.45, 2.75) is 38.3 Å². The minimum Gasteiger partial charge on any atom is -0.357 e. The van der Waals surface area contributed by atoms with Crippen LogP contribution in [0.2, 0.25) is 0 Å². The van der Waals surface area contributed by atoms with Crippen molar-refractivity contribution >= 4 is 33.9 Å². The lowest BCUT2D eigenvalue weighted by molar-refractivity contribution is -0.121. The van der Waals surface area contributed by atoms with Gasteiger partial charge in [0.15, 0.2) is 5.78 Å². The highest BCUT2D eigenvalue weighted by Crippen LogP contribution is 2.40. The van der Waals surface area contributed by atoms with E-state index in [9.17, 15) is 4.79 Å². The Bertz CT molecular complexity index is 1050. The Balaban J connectivity index is 1.57. The van der Waals surface area contributed by atoms with Gasteiger partial charge in [-0.1, -0.05) is 61.6 Å². The van der Waals surface area contributed by atoms with Crippen LogP contribution in [-0.4, -0.2) is 26.7 Å². The Kier molecular flexibility index (Phi) is 3.50. The summed E-state index contributed by atoms with van der Waals surface area (Å²) < 4.78 is 0. The molecule has 0 spiro atoms. The second-order valence-corrected chi connectivity index (χ2v) is 7.62. The normalized spacial score (nSPS) is 22.0. The van der Waals surface area contributed by atoms with Gasteiger partial charge in [-0.3, -0.25) is 4.79 Å². The molecule has 3 aromatic rings. The predicted molar refractivity (Wildman–Crippen MR) is 107 cm³/mol. The molecule has 0 amide bonds. The van der Waals surface area contributed by atoms with Crippen LogP contribution in [0.25, 0.3) is 10.9 Å². The zero-order valence-electron chi connectivity index (χ0n) is 14.7. The van der Waals surface area contributed by atoms with Crippen molar-refractivity contribution in [3.8, 4) is 0 Å². The molecule has 5 rings (SSSR count). The Morgan fingerprint density at radius 2 is 1.92 bits per heavy atom. The molecule has 0 saturated carbocycles. The van der Waals surface area contributed by atoms with E-state index in [2.05, 4.69) is 47.1 Å². The number of hydrogen-bond acceptors (Lipinski definition) is 2. The number of nitrogens with one attached hydrogen (secondary N) is 1. The fourth-order valence-corrected chi connectivity index (χ4v) is 5.03. The predicted octanol–water partition coefficient (Wildman–Crippen LogP) is 4.15. The van der Waals surface area contributed by atoms with Gasteiger partial charge in [0.05, 0.1) is 23.5 Å². The third kappa shape index (κ3) is 2.12. The lowest BCUT2D eigenvalue weighted by Crippen LogP contribution is -2.39. The van der Waals surface area contributed by atoms with Crippen LogP contribution in [-0.2, 0) is 24.2 Å². The van der Waals surface area contributed by atoms with Gasteiger partial charge in [-0.2, -0.15) is 0 Å². The van der Waals surface area contributed by atoms with Crippen LogP contribution < -0.4 is 0 Å². The number of benzene rings is 2. The van der Waals surface area contributed by atoms with E-state index < -0.39 is 0 Å². The molecule has 2 aliphatic rings. The van der Waals surface area contributed by atoms with Gasteiger partial charge in [0.25, 0.3) is 0 Å². The maximum absolute atomic E-state index is 13.3. The van der Waals surface area contributed by atoms with Crippen molar-refractivity contribution < 1.29 is 4.79 Å². The number of ketones is 1. The van der Waals surface area contributed by atoms with Gasteiger partial charge < -0.3 is 9.88 Å². The van der Waals surface area contributed by atoms with Crippen LogP contribution >= 0.6 is 12.2 Å². The SMILES string of the molecule is CCc1ccccc1[C@@H]1C(=O)[C@H]2Cc3c([nH]c4ccccc34)CN2C1=S. The zero-order valence-corrected chi connectivity index (χ0v) is 15.5. The van der Waals surface area contributed by atoms with E-state index in [0.717, 1.165) is 28.9 Å². The number of carbonyl (C=O) groups is 1. The first-order valence-electron chi connectivity index (χ1n) is 9.19. The van der Waals surface area contributed by atoms with Crippen LogP contribution in [0.5, 0.6) is 0 Å². The molecule has 3 heterocycles. The van der Waals surface area contributed by atoms with Crippen molar-refractivity contribution in [2.75, 3.05) is 0 Å². The van der Waals surface area contributed by atoms with Gasteiger partial charge in [-0.05, 0) is 29.2 Å². The van der Waals surface area contributed by atoms with E-state index in [0.29, 0.717) is 6.54 Å². The van der Waals surface area contributed by atoms with E-state index >= 15 is 0 Å². The number of Topliss-reactive ketones (excluding diaryl/α,β-unsaturated/α-hetero) is 1. The quantitative estimate of drug-likeness (QED) is 0.698. The highest BCUT2D eigenvalue weighted by molar-refractivity contribution is 7.80. The Labute approximate surface area is 158 Å². The molecule has 26 heavy (non-hydrogen) atoms. The minimum absolute atomic E-state index is 0.135. The largest absolute Gasteiger partial charge is 0.357 e. The lowest BCUT2D eigenvalue weighted by atomic mass is 9.88. The smallest absolute Gasteiger partial charge is 0.169 e. The fraction of sp³-hybridized carbons (Fsp3) is 0.273. The average Bonchev–Trinajstić information content (AvgIpc) is 3.15. The Morgan fingerprint density at radius 1 is 1.15 bits per heavy atom. The number of fused-ring (bicyclic) bond motifs is 4. The van der Waals surface area contributed by atoms with Gasteiger partial charge >= 0.3 is 0 Å². The number of para-hydroxylation sites is 1. The van der Waals surface area contributed by atoms with E-state index in [1.807, 2.05) is 18.2 Å². The molecule has 3 nitrogen and oxygen atoms in total. The summed E-state index contributed by atoms with van der Waals surface area (Å²) in [5.41, 5.74) is 5.93. The molecule has 4 heteroatoms. The monoisotopic (exact) mass is 360 g/mol.